The fourth-order valence-corrected chi connectivity index (χ4v) is 2.06. The molecule has 21 heavy (non-hydrogen) atoms. The van der Waals surface area contributed by atoms with Gasteiger partial charge in [-0.1, -0.05) is 23.8 Å². The lowest BCUT2D eigenvalue weighted by Gasteiger charge is -2.06. The van der Waals surface area contributed by atoms with Gasteiger partial charge in [0.1, 0.15) is 0 Å². The first-order chi connectivity index (χ1) is 10.2. The third-order valence-electron chi connectivity index (χ3n) is 3.16. The number of anilines is 1. The van der Waals surface area contributed by atoms with Gasteiger partial charge < -0.3 is 10.6 Å². The number of amides is 2. The van der Waals surface area contributed by atoms with Crippen LogP contribution >= 0.6 is 0 Å². The van der Waals surface area contributed by atoms with Crippen LogP contribution in [-0.4, -0.2) is 15.6 Å². The quantitative estimate of drug-likeness (QED) is 0.775. The van der Waals surface area contributed by atoms with E-state index in [0.29, 0.717) is 6.54 Å². The average Bonchev–Trinajstić information content (AvgIpc) is 2.90. The zero-order valence-corrected chi connectivity index (χ0v) is 11.7. The Morgan fingerprint density at radius 1 is 1.19 bits per heavy atom. The van der Waals surface area contributed by atoms with E-state index in [-0.39, 0.29) is 6.03 Å². The summed E-state index contributed by atoms with van der Waals surface area (Å²) in [5.41, 5.74) is 3.76. The SMILES string of the molecule is Cc1ccc(NC(=O)NCc2cc3ccccn3n2)cc1. The summed E-state index contributed by atoms with van der Waals surface area (Å²) in [6.45, 7) is 2.40. The zero-order chi connectivity index (χ0) is 14.7. The van der Waals surface area contributed by atoms with Crippen molar-refractivity contribution in [1.82, 2.24) is 14.9 Å². The molecule has 0 aliphatic carbocycles. The highest BCUT2D eigenvalue weighted by Gasteiger charge is 2.04. The molecular formula is C16H16N4O. The van der Waals surface area contributed by atoms with Gasteiger partial charge in [-0.15, -0.1) is 0 Å². The molecule has 2 heterocycles. The molecule has 0 saturated carbocycles. The number of nitrogens with zero attached hydrogens (tertiary/aromatic N) is 2. The number of nitrogens with one attached hydrogen (secondary N) is 2. The number of hydrogen-bond donors (Lipinski definition) is 2. The summed E-state index contributed by atoms with van der Waals surface area (Å²) in [7, 11) is 0. The molecule has 0 fully saturated rings. The van der Waals surface area contributed by atoms with Crippen LogP contribution in [0.4, 0.5) is 10.5 Å². The monoisotopic (exact) mass is 280 g/mol. The van der Waals surface area contributed by atoms with Crippen LogP contribution in [0, 0.1) is 6.92 Å². The van der Waals surface area contributed by atoms with Gasteiger partial charge in [0.2, 0.25) is 0 Å². The van der Waals surface area contributed by atoms with E-state index in [1.807, 2.05) is 61.7 Å². The minimum Gasteiger partial charge on any atom is -0.332 e. The Kier molecular flexibility index (Phi) is 3.55. The third kappa shape index (κ3) is 3.20. The Bertz CT molecular complexity index is 728. The molecule has 0 unspecified atom stereocenters. The van der Waals surface area contributed by atoms with Gasteiger partial charge >= 0.3 is 6.03 Å². The highest BCUT2D eigenvalue weighted by Crippen LogP contribution is 2.09. The standard InChI is InChI=1S/C16H16N4O/c1-12-5-7-13(8-6-12)18-16(21)17-11-14-10-15-4-2-3-9-20(15)19-14/h2-10H,11H2,1H3,(H2,17,18,21). The summed E-state index contributed by atoms with van der Waals surface area (Å²) in [4.78, 5) is 11.8. The Balaban J connectivity index is 1.59. The largest absolute Gasteiger partial charge is 0.332 e. The molecule has 106 valence electrons. The van der Waals surface area contributed by atoms with Crippen molar-refractivity contribution in [3.05, 3.63) is 66.0 Å². The molecule has 2 amide bonds. The second-order valence-electron chi connectivity index (χ2n) is 4.88. The van der Waals surface area contributed by atoms with E-state index in [2.05, 4.69) is 15.7 Å². The normalized spacial score (nSPS) is 10.5. The Hall–Kier alpha value is -2.82. The first-order valence-corrected chi connectivity index (χ1v) is 6.75. The average molecular weight is 280 g/mol. The predicted octanol–water partition coefficient (Wildman–Crippen LogP) is 2.96. The molecular weight excluding hydrogens is 264 g/mol. The van der Waals surface area contributed by atoms with Crippen molar-refractivity contribution in [3.8, 4) is 0 Å². The number of rotatable bonds is 3. The molecule has 0 aliphatic heterocycles. The molecule has 5 nitrogen and oxygen atoms in total. The molecule has 0 spiro atoms. The highest BCUT2D eigenvalue weighted by atomic mass is 16.2. The number of aromatic nitrogens is 2. The first-order valence-electron chi connectivity index (χ1n) is 6.75. The molecule has 3 aromatic rings. The number of hydrogen-bond acceptors (Lipinski definition) is 2. The Morgan fingerprint density at radius 3 is 2.76 bits per heavy atom. The van der Waals surface area contributed by atoms with Crippen molar-refractivity contribution < 1.29 is 4.79 Å². The van der Waals surface area contributed by atoms with Gasteiger partial charge in [-0.3, -0.25) is 0 Å². The van der Waals surface area contributed by atoms with Crippen LogP contribution < -0.4 is 10.6 Å². The van der Waals surface area contributed by atoms with Gasteiger partial charge in [0.15, 0.2) is 0 Å². The van der Waals surface area contributed by atoms with Crippen molar-refractivity contribution in [2.45, 2.75) is 13.5 Å². The fraction of sp³-hybridized carbons (Fsp3) is 0.125. The number of urea groups is 1. The van der Waals surface area contributed by atoms with Crippen molar-refractivity contribution in [1.29, 1.82) is 0 Å². The van der Waals surface area contributed by atoms with E-state index in [4.69, 9.17) is 0 Å². The maximum absolute atomic E-state index is 11.8. The van der Waals surface area contributed by atoms with Gasteiger partial charge in [-0.25, -0.2) is 9.31 Å². The van der Waals surface area contributed by atoms with Crippen LogP contribution in [0.2, 0.25) is 0 Å². The fourth-order valence-electron chi connectivity index (χ4n) is 2.06. The minimum absolute atomic E-state index is 0.240. The summed E-state index contributed by atoms with van der Waals surface area (Å²) in [5, 5.41) is 9.96. The summed E-state index contributed by atoms with van der Waals surface area (Å²) < 4.78 is 1.79. The number of carbonyl (C=O) groups excluding carboxylic acids is 1. The van der Waals surface area contributed by atoms with Crippen LogP contribution in [0.15, 0.2) is 54.7 Å². The van der Waals surface area contributed by atoms with Crippen LogP contribution in [0.5, 0.6) is 0 Å². The molecule has 0 bridgehead atoms. The summed E-state index contributed by atoms with van der Waals surface area (Å²) in [6.07, 6.45) is 1.88. The lowest BCUT2D eigenvalue weighted by atomic mass is 10.2. The molecule has 0 aliphatic rings. The summed E-state index contributed by atoms with van der Waals surface area (Å²) in [5.74, 6) is 0. The molecule has 0 saturated heterocycles. The lowest BCUT2D eigenvalue weighted by Crippen LogP contribution is -2.28. The third-order valence-corrected chi connectivity index (χ3v) is 3.16. The molecule has 2 N–H and O–H groups in total. The molecule has 5 heteroatoms. The number of carbonyl (C=O) groups is 1. The van der Waals surface area contributed by atoms with E-state index in [1.54, 1.807) is 4.52 Å². The summed E-state index contributed by atoms with van der Waals surface area (Å²) >= 11 is 0. The van der Waals surface area contributed by atoms with E-state index in [1.165, 1.54) is 0 Å². The molecule has 0 atom stereocenters. The minimum atomic E-state index is -0.240. The van der Waals surface area contributed by atoms with Crippen LogP contribution in [0.1, 0.15) is 11.3 Å². The molecule has 2 aromatic heterocycles. The number of fused-ring (bicyclic) bond motifs is 1. The Labute approximate surface area is 122 Å². The van der Waals surface area contributed by atoms with E-state index in [9.17, 15) is 4.79 Å². The smallest absolute Gasteiger partial charge is 0.319 e. The summed E-state index contributed by atoms with van der Waals surface area (Å²) in [6, 6.07) is 15.2. The van der Waals surface area contributed by atoms with Gasteiger partial charge in [-0.05, 0) is 37.3 Å². The van der Waals surface area contributed by atoms with Gasteiger partial charge in [-0.2, -0.15) is 5.10 Å². The Morgan fingerprint density at radius 2 is 2.00 bits per heavy atom. The maximum Gasteiger partial charge on any atom is 0.319 e. The zero-order valence-electron chi connectivity index (χ0n) is 11.7. The van der Waals surface area contributed by atoms with Gasteiger partial charge in [0.05, 0.1) is 17.8 Å². The predicted molar refractivity (Wildman–Crippen MR) is 82.2 cm³/mol. The van der Waals surface area contributed by atoms with Crippen molar-refractivity contribution in [2.75, 3.05) is 5.32 Å². The molecule has 0 radical (unpaired) electrons. The van der Waals surface area contributed by atoms with E-state index in [0.717, 1.165) is 22.5 Å². The van der Waals surface area contributed by atoms with Crippen LogP contribution in [0.25, 0.3) is 5.52 Å². The topological polar surface area (TPSA) is 58.4 Å². The lowest BCUT2D eigenvalue weighted by molar-refractivity contribution is 0.251. The number of aryl methyl sites for hydroxylation is 1. The molecule has 3 rings (SSSR count). The van der Waals surface area contributed by atoms with E-state index >= 15 is 0 Å². The molecule has 1 aromatic carbocycles. The van der Waals surface area contributed by atoms with Crippen molar-refractivity contribution in [3.63, 3.8) is 0 Å². The van der Waals surface area contributed by atoms with Crippen LogP contribution in [0.3, 0.4) is 0 Å². The number of pyridine rings is 1. The van der Waals surface area contributed by atoms with Crippen molar-refractivity contribution in [2.24, 2.45) is 0 Å². The van der Waals surface area contributed by atoms with E-state index < -0.39 is 0 Å². The van der Waals surface area contributed by atoms with Gasteiger partial charge in [0, 0.05) is 11.9 Å². The number of benzene rings is 1. The maximum atomic E-state index is 11.8. The van der Waals surface area contributed by atoms with Crippen molar-refractivity contribution >= 4 is 17.2 Å². The highest BCUT2D eigenvalue weighted by molar-refractivity contribution is 5.89. The van der Waals surface area contributed by atoms with Crippen LogP contribution in [-0.2, 0) is 6.54 Å². The first kappa shape index (κ1) is 13.2. The second kappa shape index (κ2) is 5.66. The van der Waals surface area contributed by atoms with Gasteiger partial charge in [0.25, 0.3) is 0 Å². The second-order valence-corrected chi connectivity index (χ2v) is 4.88.